The van der Waals surface area contributed by atoms with Crippen molar-refractivity contribution in [1.29, 1.82) is 0 Å². The van der Waals surface area contributed by atoms with Crippen molar-refractivity contribution < 1.29 is 14.0 Å². The minimum atomic E-state index is -0.484. The van der Waals surface area contributed by atoms with E-state index < -0.39 is 5.82 Å². The van der Waals surface area contributed by atoms with E-state index >= 15 is 0 Å². The predicted molar refractivity (Wildman–Crippen MR) is 103 cm³/mol. The van der Waals surface area contributed by atoms with E-state index in [1.807, 2.05) is 20.8 Å². The normalized spacial score (nSPS) is 22.9. The van der Waals surface area contributed by atoms with Gasteiger partial charge in [0.2, 0.25) is 11.8 Å². The molecule has 0 spiro atoms. The maximum absolute atomic E-state index is 13.4. The molecule has 6 nitrogen and oxygen atoms in total. The van der Waals surface area contributed by atoms with Crippen molar-refractivity contribution in [3.05, 3.63) is 29.0 Å². The summed E-state index contributed by atoms with van der Waals surface area (Å²) in [7, 11) is 0. The summed E-state index contributed by atoms with van der Waals surface area (Å²) in [5, 5.41) is 5.93. The molecule has 2 amide bonds. The lowest BCUT2D eigenvalue weighted by Crippen LogP contribution is -2.52. The third-order valence-electron chi connectivity index (χ3n) is 4.82. The number of likely N-dealkylation sites (tertiary alicyclic amines) is 2. The van der Waals surface area contributed by atoms with Crippen LogP contribution in [0.15, 0.2) is 18.2 Å². The van der Waals surface area contributed by atoms with Crippen LogP contribution < -0.4 is 10.6 Å². The van der Waals surface area contributed by atoms with Gasteiger partial charge in [0.15, 0.2) is 0 Å². The maximum Gasteiger partial charge on any atom is 0.238 e. The number of amides is 2. The van der Waals surface area contributed by atoms with Gasteiger partial charge in [-0.25, -0.2) is 4.39 Å². The number of anilines is 1. The first-order chi connectivity index (χ1) is 12.6. The van der Waals surface area contributed by atoms with Crippen molar-refractivity contribution in [1.82, 2.24) is 15.1 Å². The van der Waals surface area contributed by atoms with Gasteiger partial charge in [-0.3, -0.25) is 19.4 Å². The molecule has 0 saturated carbocycles. The monoisotopic (exact) mass is 396 g/mol. The van der Waals surface area contributed by atoms with E-state index in [9.17, 15) is 14.0 Å². The Hall–Kier alpha value is -1.70. The molecule has 8 heteroatoms. The molecule has 2 heterocycles. The summed E-state index contributed by atoms with van der Waals surface area (Å²) < 4.78 is 13.4. The second-order valence-corrected chi connectivity index (χ2v) is 8.84. The average molecular weight is 397 g/mol. The zero-order chi connectivity index (χ0) is 19.8. The summed E-state index contributed by atoms with van der Waals surface area (Å²) in [6.07, 6.45) is 0.960. The molecule has 2 unspecified atom stereocenters. The number of nitrogens with one attached hydrogen (secondary N) is 2. The quantitative estimate of drug-likeness (QED) is 0.800. The largest absolute Gasteiger partial charge is 0.350 e. The zero-order valence-electron chi connectivity index (χ0n) is 15.9. The molecule has 2 aliphatic heterocycles. The number of hydrogen-bond acceptors (Lipinski definition) is 4. The molecule has 1 aromatic carbocycles. The number of nitrogens with zero attached hydrogens (tertiary/aromatic N) is 2. The van der Waals surface area contributed by atoms with Gasteiger partial charge in [-0.15, -0.1) is 0 Å². The second kappa shape index (κ2) is 7.73. The Kier molecular flexibility index (Phi) is 5.74. The molecule has 0 aliphatic carbocycles. The minimum absolute atomic E-state index is 0.0299. The van der Waals surface area contributed by atoms with Crippen molar-refractivity contribution in [3.8, 4) is 0 Å². The molecule has 2 bridgehead atoms. The van der Waals surface area contributed by atoms with E-state index in [4.69, 9.17) is 11.6 Å². The Morgan fingerprint density at radius 2 is 1.70 bits per heavy atom. The highest BCUT2D eigenvalue weighted by Gasteiger charge is 2.44. The standard InChI is InChI=1S/C19H26ClFN4O2/c1-19(2,3)23-18(27)11-25-9-15-7-16(25)8-24(15)10-17(26)22-14-5-12(20)4-13(21)6-14/h4-6,15-16H,7-11H2,1-3H3,(H,22,26)(H,23,27). The predicted octanol–water partition coefficient (Wildman–Crippen LogP) is 2.09. The summed E-state index contributed by atoms with van der Waals surface area (Å²) in [5.41, 5.74) is 0.120. The number of rotatable bonds is 5. The van der Waals surface area contributed by atoms with E-state index in [2.05, 4.69) is 20.4 Å². The zero-order valence-corrected chi connectivity index (χ0v) is 16.6. The molecule has 1 aromatic rings. The van der Waals surface area contributed by atoms with Crippen LogP contribution in [0.3, 0.4) is 0 Å². The van der Waals surface area contributed by atoms with E-state index in [1.165, 1.54) is 18.2 Å². The van der Waals surface area contributed by atoms with Crippen molar-refractivity contribution in [3.63, 3.8) is 0 Å². The number of fused-ring (bicyclic) bond motifs is 2. The summed E-state index contributed by atoms with van der Waals surface area (Å²) >= 11 is 5.81. The number of piperazine rings is 1. The Balaban J connectivity index is 1.48. The van der Waals surface area contributed by atoms with Gasteiger partial charge in [0.05, 0.1) is 13.1 Å². The van der Waals surface area contributed by atoms with Gasteiger partial charge in [-0.05, 0) is 45.4 Å². The molecule has 2 N–H and O–H groups in total. The van der Waals surface area contributed by atoms with Gasteiger partial charge in [0.25, 0.3) is 0 Å². The maximum atomic E-state index is 13.4. The highest BCUT2D eigenvalue weighted by atomic mass is 35.5. The number of hydrogen-bond donors (Lipinski definition) is 2. The van der Waals surface area contributed by atoms with Gasteiger partial charge in [0.1, 0.15) is 5.82 Å². The Bertz CT molecular complexity index is 717. The van der Waals surface area contributed by atoms with E-state index in [1.54, 1.807) is 0 Å². The van der Waals surface area contributed by atoms with Crippen LogP contribution in [0.2, 0.25) is 5.02 Å². The SMILES string of the molecule is CC(C)(C)NC(=O)CN1CC2CC1CN2CC(=O)Nc1cc(F)cc(Cl)c1. The fourth-order valence-electron chi connectivity index (χ4n) is 3.87. The fourth-order valence-corrected chi connectivity index (χ4v) is 4.09. The van der Waals surface area contributed by atoms with Crippen LogP contribution >= 0.6 is 11.6 Å². The Labute approximate surface area is 164 Å². The molecule has 2 aliphatic rings. The molecular formula is C19H26ClFN4O2. The lowest BCUT2D eigenvalue weighted by molar-refractivity contribution is -0.124. The van der Waals surface area contributed by atoms with Crippen LogP contribution in [0.25, 0.3) is 0 Å². The molecular weight excluding hydrogens is 371 g/mol. The third-order valence-corrected chi connectivity index (χ3v) is 5.04. The van der Waals surface area contributed by atoms with E-state index in [0.29, 0.717) is 12.2 Å². The van der Waals surface area contributed by atoms with Crippen LogP contribution in [0, 0.1) is 5.82 Å². The molecule has 3 rings (SSSR count). The third kappa shape index (κ3) is 5.40. The minimum Gasteiger partial charge on any atom is -0.350 e. The highest BCUT2D eigenvalue weighted by molar-refractivity contribution is 6.30. The molecule has 2 atom stereocenters. The summed E-state index contributed by atoms with van der Waals surface area (Å²) in [4.78, 5) is 28.7. The second-order valence-electron chi connectivity index (χ2n) is 8.41. The summed E-state index contributed by atoms with van der Waals surface area (Å²) in [6.45, 7) is 8.07. The van der Waals surface area contributed by atoms with E-state index in [-0.39, 0.29) is 41.0 Å². The van der Waals surface area contributed by atoms with Gasteiger partial charge >= 0.3 is 0 Å². The van der Waals surface area contributed by atoms with Crippen molar-refractivity contribution in [2.75, 3.05) is 31.5 Å². The number of carbonyl (C=O) groups excluding carboxylic acids is 2. The first kappa shape index (κ1) is 20.0. The van der Waals surface area contributed by atoms with Crippen LogP contribution in [0.4, 0.5) is 10.1 Å². The molecule has 2 saturated heterocycles. The highest BCUT2D eigenvalue weighted by Crippen LogP contribution is 2.30. The van der Waals surface area contributed by atoms with Gasteiger partial charge in [-0.2, -0.15) is 0 Å². The molecule has 0 aromatic heterocycles. The topological polar surface area (TPSA) is 64.7 Å². The van der Waals surface area contributed by atoms with Crippen molar-refractivity contribution in [2.45, 2.75) is 44.8 Å². The van der Waals surface area contributed by atoms with E-state index in [0.717, 1.165) is 19.5 Å². The van der Waals surface area contributed by atoms with Gasteiger partial charge in [0, 0.05) is 41.4 Å². The molecule has 0 radical (unpaired) electrons. The van der Waals surface area contributed by atoms with Crippen molar-refractivity contribution >= 4 is 29.1 Å². The first-order valence-electron chi connectivity index (χ1n) is 9.14. The fraction of sp³-hybridized carbons (Fsp3) is 0.579. The van der Waals surface area contributed by atoms with Gasteiger partial charge in [-0.1, -0.05) is 11.6 Å². The van der Waals surface area contributed by atoms with Crippen LogP contribution in [-0.2, 0) is 9.59 Å². The summed E-state index contributed by atoms with van der Waals surface area (Å²) in [5.74, 6) is -0.647. The van der Waals surface area contributed by atoms with Crippen molar-refractivity contribution in [2.24, 2.45) is 0 Å². The molecule has 2 fully saturated rings. The van der Waals surface area contributed by atoms with Gasteiger partial charge < -0.3 is 10.6 Å². The Morgan fingerprint density at radius 3 is 2.22 bits per heavy atom. The lowest BCUT2D eigenvalue weighted by atomic mass is 10.1. The molecule has 27 heavy (non-hydrogen) atoms. The lowest BCUT2D eigenvalue weighted by Gasteiger charge is -2.34. The number of halogens is 2. The smallest absolute Gasteiger partial charge is 0.238 e. The average Bonchev–Trinajstić information content (AvgIpc) is 3.03. The van der Waals surface area contributed by atoms with Crippen LogP contribution in [0.1, 0.15) is 27.2 Å². The van der Waals surface area contributed by atoms with Crippen LogP contribution in [0.5, 0.6) is 0 Å². The summed E-state index contributed by atoms with van der Waals surface area (Å²) in [6, 6.07) is 4.52. The molecule has 148 valence electrons. The first-order valence-corrected chi connectivity index (χ1v) is 9.52. The number of carbonyl (C=O) groups is 2. The Morgan fingerprint density at radius 1 is 1.11 bits per heavy atom. The number of benzene rings is 1. The van der Waals surface area contributed by atoms with Crippen LogP contribution in [-0.4, -0.2) is 65.4 Å².